The molecule has 9 atom stereocenters. The average Bonchev–Trinajstić information content (AvgIpc) is 2.98. The quantitative estimate of drug-likeness (QED) is 0.613. The van der Waals surface area contributed by atoms with Crippen molar-refractivity contribution in [3.63, 3.8) is 0 Å². The fourth-order valence-corrected chi connectivity index (χ4v) is 8.75. The van der Waals surface area contributed by atoms with Crippen LogP contribution in [-0.2, 0) is 23.8 Å². The third-order valence-electron chi connectivity index (χ3n) is 9.77. The number of hydrogen-bond donors (Lipinski definition) is 0. The van der Waals surface area contributed by atoms with Crippen LogP contribution in [0, 0.1) is 40.4 Å². The van der Waals surface area contributed by atoms with E-state index in [1.54, 1.807) is 6.92 Å². The third kappa shape index (κ3) is 3.40. The molecule has 170 valence electrons. The molecule has 0 bridgehead atoms. The van der Waals surface area contributed by atoms with Crippen molar-refractivity contribution in [2.24, 2.45) is 40.4 Å². The van der Waals surface area contributed by atoms with Crippen molar-refractivity contribution < 1.29 is 23.8 Å². The number of ether oxygens (including phenoxy) is 3. The fourth-order valence-electron chi connectivity index (χ4n) is 8.75. The Morgan fingerprint density at radius 1 is 0.933 bits per heavy atom. The molecule has 0 saturated heterocycles. The molecule has 4 saturated carbocycles. The molecule has 0 amide bonds. The summed E-state index contributed by atoms with van der Waals surface area (Å²) in [7, 11) is 1.85. The van der Waals surface area contributed by atoms with Crippen molar-refractivity contribution in [3.8, 4) is 0 Å². The van der Waals surface area contributed by atoms with Gasteiger partial charge in [-0.1, -0.05) is 13.8 Å². The van der Waals surface area contributed by atoms with Crippen molar-refractivity contribution in [2.75, 3.05) is 13.7 Å². The Kier molecular flexibility index (Phi) is 5.97. The first kappa shape index (κ1) is 22.1. The van der Waals surface area contributed by atoms with Gasteiger partial charge in [-0.2, -0.15) is 0 Å². The molecular formula is C25H40O5. The summed E-state index contributed by atoms with van der Waals surface area (Å²) in [6.45, 7) is 8.63. The first-order valence-electron chi connectivity index (χ1n) is 12.1. The third-order valence-corrected chi connectivity index (χ3v) is 9.77. The molecule has 0 unspecified atom stereocenters. The molecule has 4 rings (SSSR count). The van der Waals surface area contributed by atoms with Gasteiger partial charge in [-0.25, -0.2) is 0 Å². The first-order chi connectivity index (χ1) is 14.2. The first-order valence-corrected chi connectivity index (χ1v) is 12.1. The molecule has 4 aliphatic rings. The van der Waals surface area contributed by atoms with Crippen LogP contribution in [0.5, 0.6) is 0 Å². The van der Waals surface area contributed by atoms with Crippen LogP contribution in [0.4, 0.5) is 0 Å². The van der Waals surface area contributed by atoms with Gasteiger partial charge in [0.15, 0.2) is 0 Å². The molecule has 4 fully saturated rings. The zero-order valence-corrected chi connectivity index (χ0v) is 19.4. The van der Waals surface area contributed by atoms with Gasteiger partial charge in [-0.05, 0) is 81.0 Å². The SMILES string of the molecule is COC[C@]12[C@@H](CC[C@H]3[C@@H]4CC[C@H](OC(C)=O)[C@@]4(C)CC[C@@H]31)C[C@@H](OC(C)=O)C[C@H]2C. The van der Waals surface area contributed by atoms with Crippen molar-refractivity contribution in [1.29, 1.82) is 0 Å². The number of rotatable bonds is 4. The van der Waals surface area contributed by atoms with Gasteiger partial charge in [-0.3, -0.25) is 9.59 Å². The standard InChI is InChI=1S/C25H40O5/c1-15-12-19(29-16(2)26)13-18-6-7-20-21-8-9-23(30-17(3)27)24(21,4)11-10-22(20)25(15,18)14-28-5/h15,18-23H,6-14H2,1-5H3/t15-,18+,19+,20+,21+,22+,23+,24+,25+/m1/s1. The van der Waals surface area contributed by atoms with Crippen LogP contribution in [0.25, 0.3) is 0 Å². The van der Waals surface area contributed by atoms with Crippen LogP contribution in [0.2, 0.25) is 0 Å². The van der Waals surface area contributed by atoms with Crippen molar-refractivity contribution in [1.82, 2.24) is 0 Å². The van der Waals surface area contributed by atoms with Gasteiger partial charge >= 0.3 is 11.9 Å². The summed E-state index contributed by atoms with van der Waals surface area (Å²) in [4.78, 5) is 23.3. The fraction of sp³-hybridized carbons (Fsp3) is 0.920. The van der Waals surface area contributed by atoms with Gasteiger partial charge in [-0.15, -0.1) is 0 Å². The maximum absolute atomic E-state index is 11.7. The number of carbonyl (C=O) groups is 2. The zero-order chi connectivity index (χ0) is 21.7. The molecule has 5 heteroatoms. The van der Waals surface area contributed by atoms with Gasteiger partial charge in [0, 0.05) is 31.8 Å². The Hall–Kier alpha value is -1.10. The predicted octanol–water partition coefficient (Wildman–Crippen LogP) is 4.77. The second-order valence-electron chi connectivity index (χ2n) is 11.0. The largest absolute Gasteiger partial charge is 0.463 e. The van der Waals surface area contributed by atoms with Gasteiger partial charge in [0.2, 0.25) is 0 Å². The highest BCUT2D eigenvalue weighted by Crippen LogP contribution is 2.68. The number of esters is 2. The summed E-state index contributed by atoms with van der Waals surface area (Å²) in [5.74, 6) is 2.71. The van der Waals surface area contributed by atoms with Crippen molar-refractivity contribution in [3.05, 3.63) is 0 Å². The van der Waals surface area contributed by atoms with E-state index in [1.165, 1.54) is 32.6 Å². The van der Waals surface area contributed by atoms with Crippen LogP contribution in [0.3, 0.4) is 0 Å². The summed E-state index contributed by atoms with van der Waals surface area (Å²) in [6.07, 6.45) is 9.00. The molecule has 0 aliphatic heterocycles. The normalized spacial score (nSPS) is 47.6. The smallest absolute Gasteiger partial charge is 0.302 e. The molecule has 5 nitrogen and oxygen atoms in total. The molecule has 0 heterocycles. The van der Waals surface area contributed by atoms with E-state index in [2.05, 4.69) is 13.8 Å². The zero-order valence-electron chi connectivity index (χ0n) is 19.4. The monoisotopic (exact) mass is 420 g/mol. The summed E-state index contributed by atoms with van der Waals surface area (Å²) in [5.41, 5.74) is 0.293. The van der Waals surface area contributed by atoms with Crippen LogP contribution < -0.4 is 0 Å². The van der Waals surface area contributed by atoms with E-state index in [1.807, 2.05) is 7.11 Å². The van der Waals surface area contributed by atoms with Crippen LogP contribution in [0.15, 0.2) is 0 Å². The number of carbonyl (C=O) groups excluding carboxylic acids is 2. The molecule has 0 spiro atoms. The number of hydrogen-bond acceptors (Lipinski definition) is 5. The molecule has 0 aromatic heterocycles. The second-order valence-corrected chi connectivity index (χ2v) is 11.0. The van der Waals surface area contributed by atoms with E-state index < -0.39 is 0 Å². The van der Waals surface area contributed by atoms with Crippen molar-refractivity contribution >= 4 is 11.9 Å². The molecule has 0 aromatic rings. The summed E-state index contributed by atoms with van der Waals surface area (Å²) in [5, 5.41) is 0. The van der Waals surface area contributed by atoms with Crippen LogP contribution in [-0.4, -0.2) is 37.9 Å². The number of methoxy groups -OCH3 is 1. The van der Waals surface area contributed by atoms with Gasteiger partial charge in [0.05, 0.1) is 6.61 Å². The highest BCUT2D eigenvalue weighted by atomic mass is 16.5. The van der Waals surface area contributed by atoms with E-state index >= 15 is 0 Å². The van der Waals surface area contributed by atoms with Gasteiger partial charge < -0.3 is 14.2 Å². The molecule has 0 N–H and O–H groups in total. The minimum absolute atomic E-state index is 0.0534. The lowest BCUT2D eigenvalue weighted by molar-refractivity contribution is -0.196. The Morgan fingerprint density at radius 2 is 1.67 bits per heavy atom. The number of fused-ring (bicyclic) bond motifs is 5. The van der Waals surface area contributed by atoms with E-state index in [0.717, 1.165) is 32.3 Å². The minimum atomic E-state index is -0.156. The van der Waals surface area contributed by atoms with E-state index in [0.29, 0.717) is 29.6 Å². The van der Waals surface area contributed by atoms with E-state index in [-0.39, 0.29) is 35.0 Å². The summed E-state index contributed by atoms with van der Waals surface area (Å²) < 4.78 is 17.4. The Bertz CT molecular complexity index is 676. The lowest BCUT2D eigenvalue weighted by atomic mass is 9.42. The Balaban J connectivity index is 1.61. The van der Waals surface area contributed by atoms with Crippen LogP contribution in [0.1, 0.15) is 79.1 Å². The Labute approximate surface area is 181 Å². The van der Waals surface area contributed by atoms with Gasteiger partial charge in [0.25, 0.3) is 0 Å². The maximum atomic E-state index is 11.7. The Morgan fingerprint density at radius 3 is 2.33 bits per heavy atom. The van der Waals surface area contributed by atoms with Crippen LogP contribution >= 0.6 is 0 Å². The maximum Gasteiger partial charge on any atom is 0.302 e. The molecule has 30 heavy (non-hydrogen) atoms. The predicted molar refractivity (Wildman–Crippen MR) is 114 cm³/mol. The molecule has 0 radical (unpaired) electrons. The highest BCUT2D eigenvalue weighted by molar-refractivity contribution is 5.66. The summed E-state index contributed by atoms with van der Waals surface area (Å²) >= 11 is 0. The lowest BCUT2D eigenvalue weighted by Gasteiger charge is -2.63. The lowest BCUT2D eigenvalue weighted by Crippen LogP contribution is -2.60. The summed E-state index contributed by atoms with van der Waals surface area (Å²) in [6, 6.07) is 0. The minimum Gasteiger partial charge on any atom is -0.463 e. The van der Waals surface area contributed by atoms with E-state index in [9.17, 15) is 9.59 Å². The molecular weight excluding hydrogens is 380 g/mol. The van der Waals surface area contributed by atoms with E-state index in [4.69, 9.17) is 14.2 Å². The molecule has 4 aliphatic carbocycles. The topological polar surface area (TPSA) is 61.8 Å². The average molecular weight is 421 g/mol. The van der Waals surface area contributed by atoms with Gasteiger partial charge in [0.1, 0.15) is 12.2 Å². The molecule has 0 aromatic carbocycles. The van der Waals surface area contributed by atoms with Crippen molar-refractivity contribution in [2.45, 2.75) is 91.3 Å². The second kappa shape index (κ2) is 8.11. The highest BCUT2D eigenvalue weighted by Gasteiger charge is 2.64.